The van der Waals surface area contributed by atoms with Gasteiger partial charge in [-0.1, -0.05) is 12.1 Å². The van der Waals surface area contributed by atoms with E-state index in [9.17, 15) is 9.59 Å². The first kappa shape index (κ1) is 8.97. The molecule has 0 fully saturated rings. The second-order valence-corrected chi connectivity index (χ2v) is 3.09. The largest absolute Gasteiger partial charge is 0.451 e. The Morgan fingerprint density at radius 1 is 1.29 bits per heavy atom. The molecule has 1 aromatic heterocycles. The molecule has 0 spiro atoms. The van der Waals surface area contributed by atoms with Crippen LogP contribution in [0.4, 0.5) is 0 Å². The number of hydrogen-bond acceptors (Lipinski definition) is 3. The molecule has 3 nitrogen and oxygen atoms in total. The normalized spacial score (nSPS) is 10.4. The highest BCUT2D eigenvalue weighted by atomic mass is 35.5. The van der Waals surface area contributed by atoms with Crippen molar-refractivity contribution in [1.29, 1.82) is 0 Å². The predicted molar refractivity (Wildman–Crippen MR) is 52.7 cm³/mol. The number of rotatable bonds is 1. The van der Waals surface area contributed by atoms with E-state index in [4.69, 9.17) is 16.0 Å². The average Bonchev–Trinajstić information content (AvgIpc) is 2.17. The SMILES string of the molecule is O=C(Cl)c1cc(=O)c2ccccc2o1. The highest BCUT2D eigenvalue weighted by molar-refractivity contribution is 6.67. The summed E-state index contributed by atoms with van der Waals surface area (Å²) >= 11 is 5.20. The second kappa shape index (κ2) is 3.27. The van der Waals surface area contributed by atoms with Gasteiger partial charge in [-0.25, -0.2) is 0 Å². The van der Waals surface area contributed by atoms with E-state index in [1.165, 1.54) is 0 Å². The van der Waals surface area contributed by atoms with E-state index in [0.717, 1.165) is 6.07 Å². The zero-order valence-electron chi connectivity index (χ0n) is 6.99. The molecule has 0 N–H and O–H groups in total. The van der Waals surface area contributed by atoms with Gasteiger partial charge in [0.1, 0.15) is 5.58 Å². The fraction of sp³-hybridized carbons (Fsp3) is 0. The molecule has 0 atom stereocenters. The van der Waals surface area contributed by atoms with Gasteiger partial charge in [0.05, 0.1) is 5.39 Å². The van der Waals surface area contributed by atoms with Crippen LogP contribution in [0.1, 0.15) is 10.6 Å². The van der Waals surface area contributed by atoms with Crippen molar-refractivity contribution in [3.8, 4) is 0 Å². The molecule has 0 amide bonds. The number of benzene rings is 1. The van der Waals surface area contributed by atoms with Gasteiger partial charge in [-0.3, -0.25) is 9.59 Å². The van der Waals surface area contributed by atoms with Gasteiger partial charge >= 0.3 is 0 Å². The minimum absolute atomic E-state index is 0.129. The molecule has 0 aliphatic carbocycles. The van der Waals surface area contributed by atoms with Crippen LogP contribution < -0.4 is 5.43 Å². The summed E-state index contributed by atoms with van der Waals surface area (Å²) in [5.41, 5.74) is 0.0971. The lowest BCUT2D eigenvalue weighted by atomic mass is 10.2. The second-order valence-electron chi connectivity index (χ2n) is 2.74. The molecule has 14 heavy (non-hydrogen) atoms. The van der Waals surface area contributed by atoms with Gasteiger partial charge in [0.15, 0.2) is 11.2 Å². The van der Waals surface area contributed by atoms with Crippen LogP contribution >= 0.6 is 11.6 Å². The maximum Gasteiger partial charge on any atom is 0.287 e. The van der Waals surface area contributed by atoms with Crippen LogP contribution in [0.3, 0.4) is 0 Å². The van der Waals surface area contributed by atoms with Crippen molar-refractivity contribution in [2.45, 2.75) is 0 Å². The van der Waals surface area contributed by atoms with E-state index in [2.05, 4.69) is 0 Å². The highest BCUT2D eigenvalue weighted by Gasteiger charge is 2.08. The van der Waals surface area contributed by atoms with Gasteiger partial charge in [0, 0.05) is 6.07 Å². The molecule has 0 aliphatic rings. The van der Waals surface area contributed by atoms with Crippen LogP contribution in [-0.4, -0.2) is 5.24 Å². The minimum atomic E-state index is -0.771. The van der Waals surface area contributed by atoms with Crippen molar-refractivity contribution in [1.82, 2.24) is 0 Å². The van der Waals surface area contributed by atoms with E-state index in [1.807, 2.05) is 0 Å². The number of para-hydroxylation sites is 1. The number of carbonyl (C=O) groups excluding carboxylic acids is 1. The zero-order valence-corrected chi connectivity index (χ0v) is 7.75. The molecule has 0 radical (unpaired) electrons. The first-order valence-corrected chi connectivity index (χ1v) is 4.29. The molecule has 2 rings (SSSR count). The van der Waals surface area contributed by atoms with Gasteiger partial charge < -0.3 is 4.42 Å². The molecule has 1 heterocycles. The Balaban J connectivity index is 2.86. The van der Waals surface area contributed by atoms with Crippen molar-refractivity contribution in [2.24, 2.45) is 0 Å². The molecule has 2 aromatic rings. The van der Waals surface area contributed by atoms with Crippen LogP contribution in [0, 0.1) is 0 Å². The number of hydrogen-bond donors (Lipinski definition) is 0. The summed E-state index contributed by atoms with van der Waals surface area (Å²) in [6.07, 6.45) is 0. The average molecular weight is 209 g/mol. The van der Waals surface area contributed by atoms with Crippen molar-refractivity contribution in [3.05, 3.63) is 46.3 Å². The molecular formula is C10H5ClO3. The van der Waals surface area contributed by atoms with E-state index in [-0.39, 0.29) is 11.2 Å². The summed E-state index contributed by atoms with van der Waals surface area (Å²) in [6, 6.07) is 7.77. The summed E-state index contributed by atoms with van der Waals surface area (Å²) < 4.78 is 5.12. The standard InChI is InChI=1S/C10H5ClO3/c11-10(13)9-5-7(12)6-3-1-2-4-8(6)14-9/h1-5H. The third-order valence-corrected chi connectivity index (χ3v) is 2.01. The van der Waals surface area contributed by atoms with Crippen LogP contribution in [0.5, 0.6) is 0 Å². The van der Waals surface area contributed by atoms with Crippen molar-refractivity contribution >= 4 is 27.8 Å². The van der Waals surface area contributed by atoms with Crippen molar-refractivity contribution in [2.75, 3.05) is 0 Å². The predicted octanol–water partition coefficient (Wildman–Crippen LogP) is 2.17. The van der Waals surface area contributed by atoms with Crippen LogP contribution in [0.25, 0.3) is 11.0 Å². The lowest BCUT2D eigenvalue weighted by Gasteiger charge is -1.97. The molecule has 0 bridgehead atoms. The molecule has 4 heteroatoms. The topological polar surface area (TPSA) is 47.3 Å². The fourth-order valence-electron chi connectivity index (χ4n) is 1.20. The van der Waals surface area contributed by atoms with Gasteiger partial charge in [-0.2, -0.15) is 0 Å². The third-order valence-electron chi connectivity index (χ3n) is 1.83. The van der Waals surface area contributed by atoms with Crippen LogP contribution in [-0.2, 0) is 0 Å². The Morgan fingerprint density at radius 3 is 2.71 bits per heavy atom. The Bertz CT molecular complexity index is 557. The van der Waals surface area contributed by atoms with E-state index in [1.54, 1.807) is 24.3 Å². The molecule has 0 unspecified atom stereocenters. The first-order valence-electron chi connectivity index (χ1n) is 3.91. The number of carbonyl (C=O) groups is 1. The van der Waals surface area contributed by atoms with Crippen molar-refractivity contribution < 1.29 is 9.21 Å². The summed E-state index contributed by atoms with van der Waals surface area (Å²) in [5.74, 6) is -0.129. The Kier molecular flexibility index (Phi) is 2.09. The monoisotopic (exact) mass is 208 g/mol. The zero-order chi connectivity index (χ0) is 10.1. The minimum Gasteiger partial charge on any atom is -0.451 e. The van der Waals surface area contributed by atoms with Crippen LogP contribution in [0.2, 0.25) is 0 Å². The number of fused-ring (bicyclic) bond motifs is 1. The summed E-state index contributed by atoms with van der Waals surface area (Å²) in [4.78, 5) is 22.2. The Morgan fingerprint density at radius 2 is 2.00 bits per heavy atom. The maximum atomic E-state index is 11.4. The molecular weight excluding hydrogens is 204 g/mol. The van der Waals surface area contributed by atoms with E-state index >= 15 is 0 Å². The highest BCUT2D eigenvalue weighted by Crippen LogP contribution is 2.12. The molecule has 0 saturated heterocycles. The first-order chi connectivity index (χ1) is 6.68. The number of halogens is 1. The lowest BCUT2D eigenvalue weighted by molar-refractivity contribution is 0.105. The smallest absolute Gasteiger partial charge is 0.287 e. The maximum absolute atomic E-state index is 11.4. The Labute approximate surface area is 83.9 Å². The fourth-order valence-corrected chi connectivity index (χ4v) is 1.29. The Hall–Kier alpha value is -1.61. The van der Waals surface area contributed by atoms with Crippen LogP contribution in [0.15, 0.2) is 39.5 Å². The molecule has 0 saturated carbocycles. The molecule has 0 aliphatic heterocycles. The van der Waals surface area contributed by atoms with Crippen molar-refractivity contribution in [3.63, 3.8) is 0 Å². The van der Waals surface area contributed by atoms with Gasteiger partial charge in [-0.15, -0.1) is 0 Å². The third kappa shape index (κ3) is 1.42. The summed E-state index contributed by atoms with van der Waals surface area (Å²) in [6.45, 7) is 0. The lowest BCUT2D eigenvalue weighted by Crippen LogP contribution is -2.03. The molecule has 1 aromatic carbocycles. The van der Waals surface area contributed by atoms with E-state index in [0.29, 0.717) is 11.0 Å². The van der Waals surface area contributed by atoms with Gasteiger partial charge in [-0.05, 0) is 23.7 Å². The quantitative estimate of drug-likeness (QED) is 0.675. The van der Waals surface area contributed by atoms with Gasteiger partial charge in [0.25, 0.3) is 5.24 Å². The summed E-state index contributed by atoms with van der Waals surface area (Å²) in [5, 5.41) is -0.331. The van der Waals surface area contributed by atoms with Gasteiger partial charge in [0.2, 0.25) is 0 Å². The summed E-state index contributed by atoms with van der Waals surface area (Å²) in [7, 11) is 0. The molecule has 70 valence electrons. The van der Waals surface area contributed by atoms with E-state index < -0.39 is 5.24 Å².